The number of nitrogens with zero attached hydrogens (tertiary/aromatic N) is 4. The molecule has 0 bridgehead atoms. The molecule has 1 atom stereocenters. The van der Waals surface area contributed by atoms with Crippen molar-refractivity contribution in [1.29, 1.82) is 0 Å². The fourth-order valence-electron chi connectivity index (χ4n) is 3.32. The maximum atomic E-state index is 12.4. The minimum absolute atomic E-state index is 0.0424. The van der Waals surface area contributed by atoms with Gasteiger partial charge in [-0.3, -0.25) is 4.79 Å². The van der Waals surface area contributed by atoms with Gasteiger partial charge in [0.15, 0.2) is 5.65 Å². The molecule has 1 unspecified atom stereocenters. The third-order valence-corrected chi connectivity index (χ3v) is 4.69. The molecule has 4 heterocycles. The van der Waals surface area contributed by atoms with Gasteiger partial charge in [-0.1, -0.05) is 0 Å². The molecule has 2 aromatic heterocycles. The lowest BCUT2D eigenvalue weighted by molar-refractivity contribution is -0.125. The van der Waals surface area contributed by atoms with E-state index >= 15 is 0 Å². The first-order valence-electron chi connectivity index (χ1n) is 8.23. The quantitative estimate of drug-likeness (QED) is 0.909. The van der Waals surface area contributed by atoms with Crippen LogP contribution >= 0.6 is 0 Å². The van der Waals surface area contributed by atoms with Crippen LogP contribution in [-0.4, -0.2) is 52.9 Å². The third kappa shape index (κ3) is 3.01. The summed E-state index contributed by atoms with van der Waals surface area (Å²) in [4.78, 5) is 19.2. The van der Waals surface area contributed by atoms with Crippen molar-refractivity contribution in [1.82, 2.24) is 19.9 Å². The van der Waals surface area contributed by atoms with Crippen LogP contribution in [0.2, 0.25) is 0 Å². The molecule has 4 rings (SSSR count). The summed E-state index contributed by atoms with van der Waals surface area (Å²) in [7, 11) is 0. The van der Waals surface area contributed by atoms with Gasteiger partial charge < -0.3 is 15.0 Å². The van der Waals surface area contributed by atoms with Crippen molar-refractivity contribution in [2.45, 2.75) is 25.3 Å². The van der Waals surface area contributed by atoms with Crippen LogP contribution < -0.4 is 10.2 Å². The predicted molar refractivity (Wildman–Crippen MR) is 85.3 cm³/mol. The minimum atomic E-state index is 0.0424. The number of amides is 1. The second-order valence-electron chi connectivity index (χ2n) is 6.25. The van der Waals surface area contributed by atoms with Crippen LogP contribution in [0.1, 0.15) is 19.3 Å². The van der Waals surface area contributed by atoms with E-state index in [4.69, 9.17) is 4.74 Å². The Labute approximate surface area is 134 Å². The van der Waals surface area contributed by atoms with Gasteiger partial charge in [-0.15, -0.1) is 0 Å². The molecule has 0 radical (unpaired) electrons. The highest BCUT2D eigenvalue weighted by Gasteiger charge is 2.30. The Bertz CT molecular complexity index is 695. The molecule has 0 aromatic carbocycles. The van der Waals surface area contributed by atoms with E-state index in [9.17, 15) is 4.79 Å². The fraction of sp³-hybridized carbons (Fsp3) is 0.562. The molecule has 2 saturated heterocycles. The van der Waals surface area contributed by atoms with Gasteiger partial charge >= 0.3 is 0 Å². The Morgan fingerprint density at radius 2 is 2.13 bits per heavy atom. The summed E-state index contributed by atoms with van der Waals surface area (Å²) in [5.74, 6) is 1.13. The van der Waals surface area contributed by atoms with Crippen molar-refractivity contribution >= 4 is 17.4 Å². The molecule has 7 nitrogen and oxygen atoms in total. The zero-order valence-corrected chi connectivity index (χ0v) is 13.0. The van der Waals surface area contributed by atoms with E-state index < -0.39 is 0 Å². The average molecular weight is 315 g/mol. The Morgan fingerprint density at radius 1 is 1.26 bits per heavy atom. The van der Waals surface area contributed by atoms with Gasteiger partial charge in [-0.2, -0.15) is 5.10 Å². The number of rotatable bonds is 3. The summed E-state index contributed by atoms with van der Waals surface area (Å²) < 4.78 is 7.08. The van der Waals surface area contributed by atoms with Gasteiger partial charge in [0.05, 0.1) is 12.1 Å². The lowest BCUT2D eigenvalue weighted by Gasteiger charge is -2.24. The van der Waals surface area contributed by atoms with E-state index in [-0.39, 0.29) is 17.9 Å². The summed E-state index contributed by atoms with van der Waals surface area (Å²) in [6.07, 6.45) is 6.36. The van der Waals surface area contributed by atoms with Crippen LogP contribution in [-0.2, 0) is 9.53 Å². The third-order valence-electron chi connectivity index (χ3n) is 4.69. The van der Waals surface area contributed by atoms with Crippen LogP contribution in [0.25, 0.3) is 5.65 Å². The van der Waals surface area contributed by atoms with Crippen molar-refractivity contribution in [3.8, 4) is 0 Å². The van der Waals surface area contributed by atoms with E-state index in [0.717, 1.165) is 57.0 Å². The van der Waals surface area contributed by atoms with Crippen LogP contribution in [0.15, 0.2) is 24.5 Å². The molecule has 1 N–H and O–H groups in total. The number of carbonyl (C=O) groups is 1. The maximum Gasteiger partial charge on any atom is 0.225 e. The molecule has 2 fully saturated rings. The molecular weight excluding hydrogens is 294 g/mol. The smallest absolute Gasteiger partial charge is 0.225 e. The zero-order valence-electron chi connectivity index (χ0n) is 13.0. The Morgan fingerprint density at radius 3 is 3.00 bits per heavy atom. The first-order chi connectivity index (χ1) is 11.3. The van der Waals surface area contributed by atoms with Gasteiger partial charge in [0.1, 0.15) is 5.82 Å². The van der Waals surface area contributed by atoms with Gasteiger partial charge in [-0.05, 0) is 25.3 Å². The van der Waals surface area contributed by atoms with Crippen LogP contribution in [0, 0.1) is 5.92 Å². The van der Waals surface area contributed by atoms with Crippen molar-refractivity contribution < 1.29 is 9.53 Å². The second kappa shape index (κ2) is 6.16. The number of nitrogens with one attached hydrogen (secondary N) is 1. The first kappa shape index (κ1) is 14.4. The monoisotopic (exact) mass is 315 g/mol. The molecule has 0 aliphatic carbocycles. The van der Waals surface area contributed by atoms with Crippen molar-refractivity contribution in [3.05, 3.63) is 24.5 Å². The SMILES string of the molecule is O=C(NC1CCOCC1)C1CCN(c2ccn3nccc3n2)C1. The molecule has 0 saturated carbocycles. The Hall–Kier alpha value is -2.15. The first-order valence-corrected chi connectivity index (χ1v) is 8.23. The van der Waals surface area contributed by atoms with Crippen LogP contribution in [0.4, 0.5) is 5.82 Å². The summed E-state index contributed by atoms with van der Waals surface area (Å²) in [5, 5.41) is 7.33. The number of aromatic nitrogens is 3. The van der Waals surface area contributed by atoms with E-state index in [2.05, 4.69) is 20.3 Å². The topological polar surface area (TPSA) is 71.8 Å². The Kier molecular flexibility index (Phi) is 3.87. The molecule has 0 spiro atoms. The summed E-state index contributed by atoms with van der Waals surface area (Å²) >= 11 is 0. The van der Waals surface area contributed by atoms with E-state index in [1.165, 1.54) is 0 Å². The average Bonchev–Trinajstić information content (AvgIpc) is 3.24. The number of anilines is 1. The number of fused-ring (bicyclic) bond motifs is 1. The molecule has 2 aromatic rings. The molecule has 2 aliphatic heterocycles. The summed E-state index contributed by atoms with van der Waals surface area (Å²) in [6, 6.07) is 4.11. The lowest BCUT2D eigenvalue weighted by atomic mass is 10.1. The van der Waals surface area contributed by atoms with Crippen molar-refractivity contribution in [2.24, 2.45) is 5.92 Å². The summed E-state index contributed by atoms with van der Waals surface area (Å²) in [6.45, 7) is 3.09. The Balaban J connectivity index is 1.38. The molecule has 23 heavy (non-hydrogen) atoms. The zero-order chi connectivity index (χ0) is 15.6. The number of carbonyl (C=O) groups excluding carboxylic acids is 1. The second-order valence-corrected chi connectivity index (χ2v) is 6.25. The highest BCUT2D eigenvalue weighted by atomic mass is 16.5. The molecule has 122 valence electrons. The number of hydrogen-bond donors (Lipinski definition) is 1. The molecule has 7 heteroatoms. The molecule has 2 aliphatic rings. The maximum absolute atomic E-state index is 12.4. The highest BCUT2D eigenvalue weighted by Crippen LogP contribution is 2.23. The van der Waals surface area contributed by atoms with Crippen LogP contribution in [0.5, 0.6) is 0 Å². The fourth-order valence-corrected chi connectivity index (χ4v) is 3.32. The number of ether oxygens (including phenoxy) is 1. The van der Waals surface area contributed by atoms with Crippen LogP contribution in [0.3, 0.4) is 0 Å². The normalized spacial score (nSPS) is 22.6. The van der Waals surface area contributed by atoms with Gasteiger partial charge in [0.25, 0.3) is 0 Å². The van der Waals surface area contributed by atoms with E-state index in [1.807, 2.05) is 18.3 Å². The van der Waals surface area contributed by atoms with Gasteiger partial charge in [0.2, 0.25) is 5.91 Å². The van der Waals surface area contributed by atoms with Gasteiger partial charge in [0, 0.05) is 44.6 Å². The van der Waals surface area contributed by atoms with Crippen molar-refractivity contribution in [3.63, 3.8) is 0 Å². The molecule has 1 amide bonds. The summed E-state index contributed by atoms with van der Waals surface area (Å²) in [5.41, 5.74) is 0.831. The minimum Gasteiger partial charge on any atom is -0.381 e. The predicted octanol–water partition coefficient (Wildman–Crippen LogP) is 0.851. The lowest BCUT2D eigenvalue weighted by Crippen LogP contribution is -2.42. The standard InChI is InChI=1S/C16H21N5O2/c22-16(18-13-4-9-23-10-5-13)12-2-7-20(11-12)14-3-8-21-15(19-14)1-6-17-21/h1,3,6,8,12-13H,2,4-5,7,9-11H2,(H,18,22). The van der Waals surface area contributed by atoms with E-state index in [1.54, 1.807) is 10.7 Å². The highest BCUT2D eigenvalue weighted by molar-refractivity contribution is 5.80. The van der Waals surface area contributed by atoms with E-state index in [0.29, 0.717) is 0 Å². The largest absolute Gasteiger partial charge is 0.381 e. The van der Waals surface area contributed by atoms with Crippen molar-refractivity contribution in [2.75, 3.05) is 31.2 Å². The number of hydrogen-bond acceptors (Lipinski definition) is 5. The molecular formula is C16H21N5O2. The van der Waals surface area contributed by atoms with Gasteiger partial charge in [-0.25, -0.2) is 9.50 Å².